The largest absolute Gasteiger partial charge is 0.351 e. The average Bonchev–Trinajstić information content (AvgIpc) is 3.48. The molecule has 2 fully saturated rings. The van der Waals surface area contributed by atoms with E-state index in [-0.39, 0.29) is 30.3 Å². The minimum absolute atomic E-state index is 0.0786. The Morgan fingerprint density at radius 3 is 2.71 bits per heavy atom. The summed E-state index contributed by atoms with van der Waals surface area (Å²) in [6, 6.07) is 11.6. The quantitative estimate of drug-likeness (QED) is 0.810. The second-order valence-corrected chi connectivity index (χ2v) is 8.02. The van der Waals surface area contributed by atoms with Crippen LogP contribution in [0, 0.1) is 23.2 Å². The number of aromatic nitrogens is 1. The molecule has 28 heavy (non-hydrogen) atoms. The van der Waals surface area contributed by atoms with Gasteiger partial charge in [-0.1, -0.05) is 31.0 Å². The predicted molar refractivity (Wildman–Crippen MR) is 106 cm³/mol. The first-order valence-electron chi connectivity index (χ1n) is 10.2. The summed E-state index contributed by atoms with van der Waals surface area (Å²) in [5, 5.41) is 16.4. The zero-order valence-corrected chi connectivity index (χ0v) is 15.9. The average molecular weight is 378 g/mol. The molecule has 1 aromatic heterocycles. The van der Waals surface area contributed by atoms with Crippen molar-refractivity contribution in [3.05, 3.63) is 36.5 Å². The van der Waals surface area contributed by atoms with Crippen molar-refractivity contribution < 1.29 is 9.59 Å². The maximum Gasteiger partial charge on any atom is 0.240 e. The van der Waals surface area contributed by atoms with Crippen molar-refractivity contribution in [2.45, 2.75) is 57.2 Å². The normalized spacial score (nSPS) is 23.0. The molecular weight excluding hydrogens is 352 g/mol. The third kappa shape index (κ3) is 4.04. The number of rotatable bonds is 6. The summed E-state index contributed by atoms with van der Waals surface area (Å²) in [5.41, 5.74) is 1.02. The first kappa shape index (κ1) is 18.5. The molecule has 2 aliphatic carbocycles. The molecule has 146 valence electrons. The zero-order chi connectivity index (χ0) is 19.5. The van der Waals surface area contributed by atoms with Crippen molar-refractivity contribution in [2.24, 2.45) is 11.8 Å². The Balaban J connectivity index is 1.39. The van der Waals surface area contributed by atoms with Gasteiger partial charge >= 0.3 is 0 Å². The van der Waals surface area contributed by atoms with Crippen LogP contribution in [0.15, 0.2) is 36.5 Å². The summed E-state index contributed by atoms with van der Waals surface area (Å²) in [6.45, 7) is 0.237. The van der Waals surface area contributed by atoms with Gasteiger partial charge in [0.05, 0.1) is 12.0 Å². The fourth-order valence-corrected chi connectivity index (χ4v) is 4.25. The number of nitriles is 1. The van der Waals surface area contributed by atoms with Gasteiger partial charge in [-0.05, 0) is 49.1 Å². The minimum Gasteiger partial charge on any atom is -0.351 e. The van der Waals surface area contributed by atoms with Gasteiger partial charge in [0.15, 0.2) is 0 Å². The molecule has 2 aliphatic rings. The third-order valence-electron chi connectivity index (χ3n) is 5.97. The second-order valence-electron chi connectivity index (χ2n) is 8.02. The maximum absolute atomic E-state index is 12.8. The molecule has 6 heteroatoms. The van der Waals surface area contributed by atoms with Gasteiger partial charge in [-0.15, -0.1) is 0 Å². The molecule has 2 amide bonds. The number of para-hydroxylation sites is 1. The molecule has 1 heterocycles. The van der Waals surface area contributed by atoms with Crippen molar-refractivity contribution in [3.8, 4) is 6.07 Å². The van der Waals surface area contributed by atoms with E-state index in [1.807, 2.05) is 41.1 Å². The molecule has 0 spiro atoms. The number of amides is 2. The molecule has 3 atom stereocenters. The summed E-state index contributed by atoms with van der Waals surface area (Å²) in [6.07, 6.45) is 7.48. The number of carbonyl (C=O) groups excluding carboxylic acids is 2. The topological polar surface area (TPSA) is 86.9 Å². The van der Waals surface area contributed by atoms with Crippen LogP contribution in [0.5, 0.6) is 0 Å². The molecule has 0 aliphatic heterocycles. The van der Waals surface area contributed by atoms with E-state index in [9.17, 15) is 14.9 Å². The maximum atomic E-state index is 12.8. The number of fused-ring (bicyclic) bond motifs is 1. The Morgan fingerprint density at radius 1 is 1.14 bits per heavy atom. The smallest absolute Gasteiger partial charge is 0.240 e. The van der Waals surface area contributed by atoms with Crippen LogP contribution in [0.25, 0.3) is 10.9 Å². The molecular formula is C22H26N4O2. The predicted octanol–water partition coefficient (Wildman–Crippen LogP) is 2.73. The molecule has 2 saturated carbocycles. The summed E-state index contributed by atoms with van der Waals surface area (Å²) in [5.74, 6) is -0.124. The number of benzene rings is 1. The molecule has 2 aromatic rings. The standard InChI is InChI=1S/C22H26N4O2/c23-13-19(15-9-10-15)25-22(28)17-6-2-3-7-18(17)24-21(27)14-26-12-11-16-5-1-4-8-20(16)26/h1,4-5,8,11-12,15,17-19H,2-3,6-7,9-10,14H2,(H,24,27)(H,25,28). The van der Waals surface area contributed by atoms with Crippen molar-refractivity contribution >= 4 is 22.7 Å². The van der Waals surface area contributed by atoms with Crippen LogP contribution in [0.3, 0.4) is 0 Å². The summed E-state index contributed by atoms with van der Waals surface area (Å²) >= 11 is 0. The lowest BCUT2D eigenvalue weighted by Gasteiger charge is -2.32. The number of nitrogens with one attached hydrogen (secondary N) is 2. The number of hydrogen-bond acceptors (Lipinski definition) is 3. The molecule has 3 unspecified atom stereocenters. The summed E-state index contributed by atoms with van der Waals surface area (Å²) in [7, 11) is 0. The fraction of sp³-hybridized carbons (Fsp3) is 0.500. The SMILES string of the molecule is N#CC(NC(=O)C1CCCCC1NC(=O)Cn1ccc2ccccc21)C1CC1. The molecule has 0 radical (unpaired) electrons. The highest BCUT2D eigenvalue weighted by atomic mass is 16.2. The van der Waals surface area contributed by atoms with Crippen LogP contribution < -0.4 is 10.6 Å². The van der Waals surface area contributed by atoms with Crippen molar-refractivity contribution in [1.29, 1.82) is 5.26 Å². The van der Waals surface area contributed by atoms with E-state index < -0.39 is 6.04 Å². The highest BCUT2D eigenvalue weighted by molar-refractivity contribution is 5.84. The Labute approximate surface area is 164 Å². The van der Waals surface area contributed by atoms with E-state index in [0.717, 1.165) is 49.4 Å². The van der Waals surface area contributed by atoms with Crippen LogP contribution in [0.2, 0.25) is 0 Å². The molecule has 6 nitrogen and oxygen atoms in total. The van der Waals surface area contributed by atoms with Crippen molar-refractivity contribution in [1.82, 2.24) is 15.2 Å². The van der Waals surface area contributed by atoms with Crippen LogP contribution in [-0.2, 0) is 16.1 Å². The third-order valence-corrected chi connectivity index (χ3v) is 5.97. The van der Waals surface area contributed by atoms with Gasteiger partial charge in [-0.25, -0.2) is 0 Å². The molecule has 4 rings (SSSR count). The van der Waals surface area contributed by atoms with E-state index in [0.29, 0.717) is 5.92 Å². The van der Waals surface area contributed by atoms with Crippen molar-refractivity contribution in [3.63, 3.8) is 0 Å². The van der Waals surface area contributed by atoms with Crippen LogP contribution in [0.1, 0.15) is 38.5 Å². The lowest BCUT2D eigenvalue weighted by Crippen LogP contribution is -2.51. The number of carbonyl (C=O) groups is 2. The molecule has 1 aromatic carbocycles. The Hall–Kier alpha value is -2.81. The lowest BCUT2D eigenvalue weighted by atomic mass is 9.83. The van der Waals surface area contributed by atoms with Gasteiger partial charge < -0.3 is 15.2 Å². The van der Waals surface area contributed by atoms with Gasteiger partial charge in [-0.3, -0.25) is 9.59 Å². The van der Waals surface area contributed by atoms with Crippen molar-refractivity contribution in [2.75, 3.05) is 0 Å². The van der Waals surface area contributed by atoms with Crippen LogP contribution in [0.4, 0.5) is 0 Å². The lowest BCUT2D eigenvalue weighted by molar-refractivity contribution is -0.129. The Morgan fingerprint density at radius 2 is 1.93 bits per heavy atom. The van der Waals surface area contributed by atoms with E-state index in [1.165, 1.54) is 0 Å². The fourth-order valence-electron chi connectivity index (χ4n) is 4.25. The molecule has 2 N–H and O–H groups in total. The van der Waals surface area contributed by atoms with Gasteiger partial charge in [0.1, 0.15) is 12.6 Å². The van der Waals surface area contributed by atoms with Crippen LogP contribution >= 0.6 is 0 Å². The summed E-state index contributed by atoms with van der Waals surface area (Å²) in [4.78, 5) is 25.4. The van der Waals surface area contributed by atoms with Gasteiger partial charge in [0.2, 0.25) is 11.8 Å². The number of hydrogen-bond donors (Lipinski definition) is 2. The van der Waals surface area contributed by atoms with Gasteiger partial charge in [-0.2, -0.15) is 5.26 Å². The monoisotopic (exact) mass is 378 g/mol. The highest BCUT2D eigenvalue weighted by Gasteiger charge is 2.37. The summed E-state index contributed by atoms with van der Waals surface area (Å²) < 4.78 is 1.93. The van der Waals surface area contributed by atoms with Gasteiger partial charge in [0.25, 0.3) is 0 Å². The van der Waals surface area contributed by atoms with E-state index in [4.69, 9.17) is 0 Å². The Kier molecular flexibility index (Phi) is 5.34. The van der Waals surface area contributed by atoms with Gasteiger partial charge in [0, 0.05) is 17.8 Å². The number of nitrogens with zero attached hydrogens (tertiary/aromatic N) is 2. The molecule has 0 saturated heterocycles. The van der Waals surface area contributed by atoms with Crippen LogP contribution in [-0.4, -0.2) is 28.5 Å². The second kappa shape index (κ2) is 8.05. The first-order chi connectivity index (χ1) is 13.7. The van der Waals surface area contributed by atoms with E-state index >= 15 is 0 Å². The Bertz CT molecular complexity index is 909. The highest BCUT2D eigenvalue weighted by Crippen LogP contribution is 2.33. The van der Waals surface area contributed by atoms with E-state index in [2.05, 4.69) is 16.7 Å². The minimum atomic E-state index is -0.392. The van der Waals surface area contributed by atoms with E-state index in [1.54, 1.807) is 0 Å². The first-order valence-corrected chi connectivity index (χ1v) is 10.2. The zero-order valence-electron chi connectivity index (χ0n) is 15.9. The molecule has 0 bridgehead atoms.